The molecule has 2 saturated heterocycles. The van der Waals surface area contributed by atoms with E-state index in [9.17, 15) is 18.8 Å². The fourth-order valence-corrected chi connectivity index (χ4v) is 9.23. The number of aromatic nitrogens is 4. The molecule has 356 valence electrons. The van der Waals surface area contributed by atoms with Crippen molar-refractivity contribution in [1.29, 1.82) is 0 Å². The molecule has 62 heavy (non-hydrogen) atoms. The normalized spacial score (nSPS) is 20.3. The Morgan fingerprint density at radius 2 is 1.26 bits per heavy atom. The lowest BCUT2D eigenvalue weighted by molar-refractivity contribution is -0.199. The zero-order valence-electron chi connectivity index (χ0n) is 38.5. The van der Waals surface area contributed by atoms with Crippen molar-refractivity contribution >= 4 is 37.2 Å². The van der Waals surface area contributed by atoms with Crippen molar-refractivity contribution in [2.45, 2.75) is 118 Å². The van der Waals surface area contributed by atoms with E-state index in [1.807, 2.05) is 0 Å². The van der Waals surface area contributed by atoms with Crippen LogP contribution in [0, 0.1) is 0 Å². The highest BCUT2D eigenvalue weighted by Crippen LogP contribution is 2.59. The Hall–Kier alpha value is -2.10. The van der Waals surface area contributed by atoms with Crippen molar-refractivity contribution in [3.05, 3.63) is 53.3 Å². The maximum absolute atomic E-state index is 13.0. The van der Waals surface area contributed by atoms with Gasteiger partial charge in [0.2, 0.25) is 0 Å². The van der Waals surface area contributed by atoms with Crippen molar-refractivity contribution in [1.82, 2.24) is 33.8 Å². The summed E-state index contributed by atoms with van der Waals surface area (Å²) in [4.78, 5) is 57.5. The van der Waals surface area contributed by atoms with Gasteiger partial charge in [-0.15, -0.1) is 0 Å². The van der Waals surface area contributed by atoms with Gasteiger partial charge in [0.1, 0.15) is 31.4 Å². The van der Waals surface area contributed by atoms with E-state index < -0.39 is 57.1 Å². The number of benzene rings is 1. The second kappa shape index (κ2) is 28.1. The molecule has 5 rings (SSSR count). The van der Waals surface area contributed by atoms with Crippen LogP contribution in [0.25, 0.3) is 11.2 Å². The molecular weight excluding hydrogens is 864 g/mol. The van der Waals surface area contributed by atoms with Gasteiger partial charge in [-0.1, -0.05) is 80.5 Å². The average molecular weight is 938 g/mol. The van der Waals surface area contributed by atoms with E-state index in [4.69, 9.17) is 33.3 Å². The molecule has 22 heteroatoms. The number of hydrogen-bond acceptors (Lipinski definition) is 15. The predicted octanol–water partition coefficient (Wildman–Crippen LogP) is 6.05. The summed E-state index contributed by atoms with van der Waals surface area (Å²) < 4.78 is 59.1. The Kier molecular flexibility index (Phi) is 25.4. The Labute approximate surface area is 371 Å². The fraction of sp³-hybridized carbons (Fsp3) is 0.725. The minimum atomic E-state index is -4.75. The third-order valence-corrected chi connectivity index (χ3v) is 13.4. The van der Waals surface area contributed by atoms with E-state index in [0.29, 0.717) is 16.3 Å². The molecule has 2 fully saturated rings. The van der Waals surface area contributed by atoms with E-state index in [1.165, 1.54) is 80.7 Å². The summed E-state index contributed by atoms with van der Waals surface area (Å²) in [6.07, 6.45) is -0.574. The fourth-order valence-electron chi connectivity index (χ4n) is 6.44. The Morgan fingerprint density at radius 3 is 1.74 bits per heavy atom. The van der Waals surface area contributed by atoms with Crippen molar-refractivity contribution in [2.75, 3.05) is 78.7 Å². The quantitative estimate of drug-likeness (QED) is 0.0820. The maximum Gasteiger partial charge on any atom is 0.469 e. The molecule has 3 N–H and O–H groups in total. The van der Waals surface area contributed by atoms with E-state index >= 15 is 0 Å². The van der Waals surface area contributed by atoms with E-state index in [1.54, 1.807) is 44.2 Å². The summed E-state index contributed by atoms with van der Waals surface area (Å²) in [6.45, 7) is 28.9. The molecule has 0 bridgehead atoms. The molecular formula is C40H73N7O12P2S. The summed E-state index contributed by atoms with van der Waals surface area (Å²) in [6, 6.07) is 8.66. The van der Waals surface area contributed by atoms with Crippen LogP contribution < -0.4 is 5.56 Å². The first kappa shape index (κ1) is 56.0. The van der Waals surface area contributed by atoms with Crippen LogP contribution in [0.5, 0.6) is 0 Å². The second-order valence-corrected chi connectivity index (χ2v) is 19.4. The largest absolute Gasteiger partial charge is 0.469 e. The Bertz CT molecular complexity index is 1800. The van der Waals surface area contributed by atoms with Crippen LogP contribution in [0.2, 0.25) is 0 Å². The molecule has 1 unspecified atom stereocenters. The number of imidazole rings is 1. The van der Waals surface area contributed by atoms with Crippen LogP contribution in [0.1, 0.15) is 82.4 Å². The van der Waals surface area contributed by atoms with Crippen molar-refractivity contribution < 1.29 is 51.8 Å². The van der Waals surface area contributed by atoms with Gasteiger partial charge in [-0.3, -0.25) is 23.0 Å². The third-order valence-electron chi connectivity index (χ3n) is 10.1. The van der Waals surface area contributed by atoms with E-state index in [2.05, 4.69) is 91.5 Å². The van der Waals surface area contributed by atoms with Gasteiger partial charge in [0.05, 0.1) is 26.1 Å². The summed E-state index contributed by atoms with van der Waals surface area (Å²) in [5, 5.41) is 0. The lowest BCUT2D eigenvalue weighted by atomic mass is 10.1. The Morgan fingerprint density at radius 1 is 0.742 bits per heavy atom. The third kappa shape index (κ3) is 18.8. The molecule has 4 heterocycles. The highest BCUT2D eigenvalue weighted by molar-refractivity contribution is 8.54. The molecule has 0 amide bonds. The number of nitrogens with zero attached hydrogens (tertiary/aromatic N) is 7. The summed E-state index contributed by atoms with van der Waals surface area (Å²) in [5.41, 5.74) is -0.316. The van der Waals surface area contributed by atoms with Crippen molar-refractivity contribution in [3.8, 4) is 0 Å². The van der Waals surface area contributed by atoms with Gasteiger partial charge < -0.3 is 48.3 Å². The first-order chi connectivity index (χ1) is 29.4. The number of phosphoric acid groups is 1. The van der Waals surface area contributed by atoms with Gasteiger partial charge in [-0.2, -0.15) is 0 Å². The van der Waals surface area contributed by atoms with Gasteiger partial charge in [-0.05, 0) is 96.3 Å². The van der Waals surface area contributed by atoms with Crippen molar-refractivity contribution in [2.24, 2.45) is 0 Å². The monoisotopic (exact) mass is 937 g/mol. The van der Waals surface area contributed by atoms with Gasteiger partial charge >= 0.3 is 14.6 Å². The van der Waals surface area contributed by atoms with Gasteiger partial charge in [-0.25, -0.2) is 19.1 Å². The molecule has 2 aliphatic rings. The summed E-state index contributed by atoms with van der Waals surface area (Å²) >= 11 is 0.715. The average Bonchev–Trinajstić information content (AvgIpc) is 3.91. The number of ether oxygens (including phenoxy) is 4. The van der Waals surface area contributed by atoms with Crippen LogP contribution in [0.15, 0.2) is 52.7 Å². The van der Waals surface area contributed by atoms with Crippen LogP contribution in [-0.4, -0.2) is 151 Å². The van der Waals surface area contributed by atoms with E-state index in [-0.39, 0.29) is 31.1 Å². The van der Waals surface area contributed by atoms with Gasteiger partial charge in [0, 0.05) is 4.90 Å². The summed E-state index contributed by atoms with van der Waals surface area (Å²) in [5.74, 6) is -1.00. The standard InChI is InChI=1S/C22H28N4O12P2S.3C6H15N/c1-22(2)37-17-15(10-35-39(28,29)30)36-21(18(17)38-22)26-12-23-16-19(26)24-11-25(20(16)27)13-33-8-9-34-40(31,32)41-14-6-4-3-5-7-14;3*1-4-7(5-2)6-3/h3-7,11-12,15,17-18,21H,8-10,13H2,1-2H3,(H,31,32)(H2,28,29,30);3*4-6H2,1-3H3/t15-,17-,18-,21-;;;/m1.../s1. The molecule has 0 saturated carbocycles. The second-order valence-electron chi connectivity index (χ2n) is 14.4. The van der Waals surface area contributed by atoms with Gasteiger partial charge in [0.15, 0.2) is 23.2 Å². The Balaban J connectivity index is 0.000000519. The smallest absolute Gasteiger partial charge is 0.358 e. The molecule has 2 aromatic heterocycles. The highest BCUT2D eigenvalue weighted by Gasteiger charge is 2.56. The van der Waals surface area contributed by atoms with Crippen LogP contribution in [-0.2, 0) is 43.9 Å². The molecule has 0 aliphatic carbocycles. The molecule has 3 aromatic rings. The lowest BCUT2D eigenvalue weighted by Gasteiger charge is -2.24. The molecule has 0 spiro atoms. The van der Waals surface area contributed by atoms with Crippen LogP contribution in [0.3, 0.4) is 0 Å². The maximum atomic E-state index is 13.0. The minimum absolute atomic E-state index is 0.0136. The van der Waals surface area contributed by atoms with Crippen LogP contribution >= 0.6 is 26.0 Å². The van der Waals surface area contributed by atoms with E-state index in [0.717, 1.165) is 0 Å². The first-order valence-corrected chi connectivity index (χ1v) is 26.0. The molecule has 0 radical (unpaired) electrons. The molecule has 2 aliphatic heterocycles. The SMILES string of the molecule is CC1(C)O[C@@H]2[C@H](O1)[C@@H](COP(=O)(O)O)O[C@H]2n1cnc2c(=O)n(COCCOP(=O)(O)Sc3ccccc3)cnc21.CCN(CC)CC.CCN(CC)CC.CCN(CC)CC. The molecule has 19 nitrogen and oxygen atoms in total. The number of phosphoric ester groups is 1. The number of hydrogen-bond donors (Lipinski definition) is 3. The zero-order chi connectivity index (χ0) is 46.5. The highest BCUT2D eigenvalue weighted by atomic mass is 32.7. The molecule has 1 aromatic carbocycles. The zero-order valence-corrected chi connectivity index (χ0v) is 41.1. The summed E-state index contributed by atoms with van der Waals surface area (Å²) in [7, 11) is -4.75. The van der Waals surface area contributed by atoms with Crippen LogP contribution in [0.4, 0.5) is 0 Å². The number of rotatable bonds is 21. The lowest BCUT2D eigenvalue weighted by Crippen LogP contribution is -2.32. The first-order valence-electron chi connectivity index (χ1n) is 21.5. The minimum Gasteiger partial charge on any atom is -0.358 e. The van der Waals surface area contributed by atoms with Crippen molar-refractivity contribution in [3.63, 3.8) is 0 Å². The predicted molar refractivity (Wildman–Crippen MR) is 242 cm³/mol. The molecule has 5 atom stereocenters. The van der Waals surface area contributed by atoms with Gasteiger partial charge in [0.25, 0.3) is 5.56 Å². The number of fused-ring (bicyclic) bond motifs is 2. The topological polar surface area (TPSA) is 213 Å².